The van der Waals surface area contributed by atoms with E-state index in [4.69, 9.17) is 5.73 Å². The first-order valence-electron chi connectivity index (χ1n) is 6.95. The van der Waals surface area contributed by atoms with Crippen LogP contribution >= 0.6 is 0 Å². The maximum Gasteiger partial charge on any atom is 0.120 e. The summed E-state index contributed by atoms with van der Waals surface area (Å²) in [7, 11) is 0. The van der Waals surface area contributed by atoms with Gasteiger partial charge in [-0.15, -0.1) is 0 Å². The van der Waals surface area contributed by atoms with Crippen molar-refractivity contribution >= 4 is 0 Å². The number of benzene rings is 1. The molecule has 0 saturated carbocycles. The van der Waals surface area contributed by atoms with Gasteiger partial charge in [0.2, 0.25) is 0 Å². The third-order valence-corrected chi connectivity index (χ3v) is 4.16. The fourth-order valence-corrected chi connectivity index (χ4v) is 2.87. The monoisotopic (exact) mass is 248 g/mol. The lowest BCUT2D eigenvalue weighted by Crippen LogP contribution is -2.46. The zero-order valence-corrected chi connectivity index (χ0v) is 11.2. The Bertz CT molecular complexity index is 381. The Kier molecular flexibility index (Phi) is 4.61. The molecule has 1 saturated heterocycles. The van der Waals surface area contributed by atoms with Crippen molar-refractivity contribution in [3.05, 3.63) is 29.8 Å². The molecule has 1 aromatic carbocycles. The number of nitrogens with zero attached hydrogens (tertiary/aromatic N) is 1. The third-order valence-electron chi connectivity index (χ3n) is 4.16. The van der Waals surface area contributed by atoms with Crippen molar-refractivity contribution in [3.63, 3.8) is 0 Å². The van der Waals surface area contributed by atoms with E-state index in [0.717, 1.165) is 24.6 Å². The Morgan fingerprint density at radius 2 is 2.17 bits per heavy atom. The second kappa shape index (κ2) is 6.21. The molecule has 1 aliphatic rings. The van der Waals surface area contributed by atoms with Gasteiger partial charge in [-0.2, -0.15) is 0 Å². The number of phenols is 1. The zero-order valence-electron chi connectivity index (χ0n) is 11.2. The van der Waals surface area contributed by atoms with Gasteiger partial charge in [0.05, 0.1) is 0 Å². The number of hydrogen-bond donors (Lipinski definition) is 2. The molecule has 3 heteroatoms. The molecule has 100 valence electrons. The van der Waals surface area contributed by atoms with Gasteiger partial charge in [0.25, 0.3) is 0 Å². The van der Waals surface area contributed by atoms with Crippen LogP contribution < -0.4 is 5.73 Å². The number of likely N-dealkylation sites (tertiary alicyclic amines) is 1. The summed E-state index contributed by atoms with van der Waals surface area (Å²) in [4.78, 5) is 2.42. The topological polar surface area (TPSA) is 49.5 Å². The lowest BCUT2D eigenvalue weighted by Gasteiger charge is -2.39. The molecule has 2 rings (SSSR count). The Morgan fingerprint density at radius 1 is 1.39 bits per heavy atom. The third kappa shape index (κ3) is 3.03. The number of phenolic OH excluding ortho intramolecular Hbond substituents is 1. The van der Waals surface area contributed by atoms with Gasteiger partial charge in [0.15, 0.2) is 0 Å². The first-order valence-corrected chi connectivity index (χ1v) is 6.95. The summed E-state index contributed by atoms with van der Waals surface area (Å²) in [5, 5.41) is 9.84. The molecular formula is C15H24N2O. The van der Waals surface area contributed by atoms with Gasteiger partial charge in [-0.1, -0.05) is 31.5 Å². The maximum atomic E-state index is 9.84. The quantitative estimate of drug-likeness (QED) is 0.860. The van der Waals surface area contributed by atoms with Crippen LogP contribution in [0.1, 0.15) is 31.7 Å². The van der Waals surface area contributed by atoms with Crippen molar-refractivity contribution in [2.75, 3.05) is 13.1 Å². The molecular weight excluding hydrogens is 224 g/mol. The molecule has 0 aliphatic carbocycles. The van der Waals surface area contributed by atoms with Crippen molar-refractivity contribution in [2.45, 2.75) is 38.8 Å². The van der Waals surface area contributed by atoms with Gasteiger partial charge >= 0.3 is 0 Å². The van der Waals surface area contributed by atoms with Crippen LogP contribution in [0.15, 0.2) is 24.3 Å². The molecule has 3 N–H and O–H groups in total. The van der Waals surface area contributed by atoms with Crippen LogP contribution in [0.3, 0.4) is 0 Å². The first kappa shape index (κ1) is 13.4. The van der Waals surface area contributed by atoms with Gasteiger partial charge in [-0.05, 0) is 31.4 Å². The molecule has 0 radical (unpaired) electrons. The molecule has 0 amide bonds. The highest BCUT2D eigenvalue weighted by atomic mass is 16.3. The van der Waals surface area contributed by atoms with Crippen LogP contribution in [-0.2, 0) is 6.54 Å². The van der Waals surface area contributed by atoms with Crippen LogP contribution in [0.5, 0.6) is 5.75 Å². The molecule has 3 nitrogen and oxygen atoms in total. The number of piperidine rings is 1. The van der Waals surface area contributed by atoms with Crippen LogP contribution in [0.25, 0.3) is 0 Å². The van der Waals surface area contributed by atoms with E-state index in [-0.39, 0.29) is 0 Å². The molecule has 18 heavy (non-hydrogen) atoms. The second-order valence-electron chi connectivity index (χ2n) is 5.29. The van der Waals surface area contributed by atoms with E-state index in [1.54, 1.807) is 6.07 Å². The van der Waals surface area contributed by atoms with Crippen LogP contribution in [-0.4, -0.2) is 29.1 Å². The minimum Gasteiger partial charge on any atom is -0.508 e. The predicted octanol–water partition coefficient (Wildman–Crippen LogP) is 2.34. The highest BCUT2D eigenvalue weighted by molar-refractivity contribution is 5.31. The SMILES string of the molecule is CCC1CCN(Cc2ccccc2O)C(CN)C1. The molecule has 1 fully saturated rings. The van der Waals surface area contributed by atoms with Crippen LogP contribution in [0.4, 0.5) is 0 Å². The van der Waals surface area contributed by atoms with Crippen LogP contribution in [0, 0.1) is 5.92 Å². The second-order valence-corrected chi connectivity index (χ2v) is 5.29. The number of nitrogens with two attached hydrogens (primary N) is 1. The Balaban J connectivity index is 2.02. The summed E-state index contributed by atoms with van der Waals surface area (Å²) in [6, 6.07) is 8.05. The molecule has 0 aromatic heterocycles. The number of rotatable bonds is 4. The smallest absolute Gasteiger partial charge is 0.120 e. The van der Waals surface area contributed by atoms with E-state index in [1.165, 1.54) is 19.3 Å². The summed E-state index contributed by atoms with van der Waals surface area (Å²) in [6.07, 6.45) is 3.70. The van der Waals surface area contributed by atoms with E-state index in [2.05, 4.69) is 11.8 Å². The van der Waals surface area contributed by atoms with E-state index in [9.17, 15) is 5.11 Å². The number of para-hydroxylation sites is 1. The Morgan fingerprint density at radius 3 is 2.83 bits per heavy atom. The predicted molar refractivity (Wildman–Crippen MR) is 74.4 cm³/mol. The van der Waals surface area contributed by atoms with Gasteiger partial charge in [-0.3, -0.25) is 4.90 Å². The van der Waals surface area contributed by atoms with E-state index < -0.39 is 0 Å². The van der Waals surface area contributed by atoms with Crippen molar-refractivity contribution < 1.29 is 5.11 Å². The van der Waals surface area contributed by atoms with Crippen LogP contribution in [0.2, 0.25) is 0 Å². The van der Waals surface area contributed by atoms with E-state index >= 15 is 0 Å². The minimum atomic E-state index is 0.394. The van der Waals surface area contributed by atoms with Gasteiger partial charge in [0, 0.05) is 24.7 Å². The minimum absolute atomic E-state index is 0.394. The molecule has 1 aromatic rings. The molecule has 0 bridgehead atoms. The zero-order chi connectivity index (χ0) is 13.0. The summed E-state index contributed by atoms with van der Waals surface area (Å²) >= 11 is 0. The lowest BCUT2D eigenvalue weighted by molar-refractivity contribution is 0.106. The maximum absolute atomic E-state index is 9.84. The average Bonchev–Trinajstić information content (AvgIpc) is 2.41. The van der Waals surface area contributed by atoms with Crippen molar-refractivity contribution in [1.82, 2.24) is 4.90 Å². The molecule has 0 spiro atoms. The molecule has 1 heterocycles. The standard InChI is InChI=1S/C15H24N2O/c1-2-12-7-8-17(14(9-12)10-16)11-13-5-3-4-6-15(13)18/h3-6,12,14,18H,2,7-11,16H2,1H3. The van der Waals surface area contributed by atoms with E-state index in [1.807, 2.05) is 18.2 Å². The van der Waals surface area contributed by atoms with Gasteiger partial charge < -0.3 is 10.8 Å². The first-order chi connectivity index (χ1) is 8.74. The van der Waals surface area contributed by atoms with Crippen molar-refractivity contribution in [3.8, 4) is 5.75 Å². The van der Waals surface area contributed by atoms with Crippen molar-refractivity contribution in [2.24, 2.45) is 11.7 Å². The summed E-state index contributed by atoms with van der Waals surface area (Å²) in [6.45, 7) is 4.88. The van der Waals surface area contributed by atoms with Gasteiger partial charge in [0.1, 0.15) is 5.75 Å². The number of hydrogen-bond acceptors (Lipinski definition) is 3. The molecule has 2 unspecified atom stereocenters. The number of aromatic hydroxyl groups is 1. The summed E-state index contributed by atoms with van der Waals surface area (Å²) < 4.78 is 0. The molecule has 1 aliphatic heterocycles. The fourth-order valence-electron chi connectivity index (χ4n) is 2.87. The molecule has 2 atom stereocenters. The summed E-state index contributed by atoms with van der Waals surface area (Å²) in [5.74, 6) is 1.21. The largest absolute Gasteiger partial charge is 0.508 e. The summed E-state index contributed by atoms with van der Waals surface area (Å²) in [5.41, 5.74) is 6.90. The normalized spacial score (nSPS) is 25.2. The lowest BCUT2D eigenvalue weighted by atomic mass is 9.88. The fraction of sp³-hybridized carbons (Fsp3) is 0.600. The Labute approximate surface area is 110 Å². The Hall–Kier alpha value is -1.06. The highest BCUT2D eigenvalue weighted by Crippen LogP contribution is 2.27. The van der Waals surface area contributed by atoms with Gasteiger partial charge in [-0.25, -0.2) is 0 Å². The highest BCUT2D eigenvalue weighted by Gasteiger charge is 2.26. The van der Waals surface area contributed by atoms with E-state index in [0.29, 0.717) is 18.3 Å². The average molecular weight is 248 g/mol. The van der Waals surface area contributed by atoms with Crippen molar-refractivity contribution in [1.29, 1.82) is 0 Å².